The standard InChI is InChI=1S/C20H21N3O3/c1-3-13-25-17-11-9-16(10-12-17)20(24)23(2)14-18-21-19(22-26-18)15-7-5-4-6-8-15/h4-12H,3,13-14H2,1-2H3. The van der Waals surface area contributed by atoms with Crippen molar-refractivity contribution in [2.24, 2.45) is 0 Å². The number of carbonyl (C=O) groups excluding carboxylic acids is 1. The third-order valence-corrected chi connectivity index (χ3v) is 3.79. The molecule has 0 aliphatic rings. The molecule has 3 aromatic rings. The molecule has 0 bridgehead atoms. The molecule has 0 unspecified atom stereocenters. The highest BCUT2D eigenvalue weighted by atomic mass is 16.5. The number of amides is 1. The normalized spacial score (nSPS) is 10.5. The van der Waals surface area contributed by atoms with Crippen molar-refractivity contribution < 1.29 is 14.1 Å². The molecule has 1 amide bonds. The van der Waals surface area contributed by atoms with Crippen LogP contribution in [0.5, 0.6) is 5.75 Å². The van der Waals surface area contributed by atoms with Gasteiger partial charge in [-0.25, -0.2) is 0 Å². The van der Waals surface area contributed by atoms with Crippen LogP contribution in [0.25, 0.3) is 11.4 Å². The molecule has 1 heterocycles. The molecule has 0 fully saturated rings. The van der Waals surface area contributed by atoms with Gasteiger partial charge in [0.25, 0.3) is 5.91 Å². The minimum absolute atomic E-state index is 0.119. The van der Waals surface area contributed by atoms with Gasteiger partial charge in [-0.3, -0.25) is 4.79 Å². The number of rotatable bonds is 7. The van der Waals surface area contributed by atoms with Gasteiger partial charge in [0.05, 0.1) is 13.2 Å². The lowest BCUT2D eigenvalue weighted by molar-refractivity contribution is 0.0769. The van der Waals surface area contributed by atoms with Crippen molar-refractivity contribution in [2.45, 2.75) is 19.9 Å². The summed E-state index contributed by atoms with van der Waals surface area (Å²) in [6.07, 6.45) is 0.943. The fraction of sp³-hybridized carbons (Fsp3) is 0.250. The highest BCUT2D eigenvalue weighted by Gasteiger charge is 2.16. The third kappa shape index (κ3) is 4.27. The average Bonchev–Trinajstić information content (AvgIpc) is 3.15. The SMILES string of the molecule is CCCOc1ccc(C(=O)N(C)Cc2nc(-c3ccccc3)no2)cc1. The number of hydrogen-bond acceptors (Lipinski definition) is 5. The number of carbonyl (C=O) groups is 1. The number of nitrogens with zero attached hydrogens (tertiary/aromatic N) is 3. The summed E-state index contributed by atoms with van der Waals surface area (Å²) in [7, 11) is 1.70. The van der Waals surface area contributed by atoms with Crippen molar-refractivity contribution in [3.63, 3.8) is 0 Å². The van der Waals surface area contributed by atoms with Gasteiger partial charge in [-0.05, 0) is 30.7 Å². The van der Waals surface area contributed by atoms with E-state index in [1.54, 1.807) is 36.2 Å². The number of aromatic nitrogens is 2. The number of ether oxygens (including phenoxy) is 1. The Morgan fingerprint density at radius 1 is 1.12 bits per heavy atom. The van der Waals surface area contributed by atoms with Crippen LogP contribution in [0.2, 0.25) is 0 Å². The Bertz CT molecular complexity index is 844. The Labute approximate surface area is 152 Å². The maximum atomic E-state index is 12.5. The molecule has 0 radical (unpaired) electrons. The van der Waals surface area contributed by atoms with E-state index in [0.717, 1.165) is 17.7 Å². The van der Waals surface area contributed by atoms with E-state index in [4.69, 9.17) is 9.26 Å². The Morgan fingerprint density at radius 2 is 1.85 bits per heavy atom. The van der Waals surface area contributed by atoms with E-state index in [9.17, 15) is 4.79 Å². The van der Waals surface area contributed by atoms with Crippen molar-refractivity contribution in [3.8, 4) is 17.1 Å². The molecule has 0 aliphatic carbocycles. The molecule has 0 N–H and O–H groups in total. The zero-order valence-electron chi connectivity index (χ0n) is 14.9. The summed E-state index contributed by atoms with van der Waals surface area (Å²) >= 11 is 0. The van der Waals surface area contributed by atoms with Crippen molar-refractivity contribution >= 4 is 5.91 Å². The lowest BCUT2D eigenvalue weighted by Gasteiger charge is -2.15. The molecular weight excluding hydrogens is 330 g/mol. The molecule has 134 valence electrons. The second kappa shape index (κ2) is 8.29. The lowest BCUT2D eigenvalue weighted by Crippen LogP contribution is -2.26. The van der Waals surface area contributed by atoms with Gasteiger partial charge >= 0.3 is 0 Å². The van der Waals surface area contributed by atoms with Crippen LogP contribution in [-0.2, 0) is 6.54 Å². The first-order chi connectivity index (χ1) is 12.7. The molecule has 2 aromatic carbocycles. The van der Waals surface area contributed by atoms with Gasteiger partial charge in [0.2, 0.25) is 11.7 Å². The van der Waals surface area contributed by atoms with E-state index < -0.39 is 0 Å². The second-order valence-corrected chi connectivity index (χ2v) is 5.91. The fourth-order valence-electron chi connectivity index (χ4n) is 2.43. The zero-order chi connectivity index (χ0) is 18.4. The Balaban J connectivity index is 1.63. The van der Waals surface area contributed by atoms with Crippen LogP contribution in [0.15, 0.2) is 59.1 Å². The van der Waals surface area contributed by atoms with E-state index in [-0.39, 0.29) is 12.5 Å². The van der Waals surface area contributed by atoms with Crippen LogP contribution in [0.4, 0.5) is 0 Å². The summed E-state index contributed by atoms with van der Waals surface area (Å²) in [6.45, 7) is 2.95. The van der Waals surface area contributed by atoms with E-state index in [0.29, 0.717) is 23.9 Å². The maximum Gasteiger partial charge on any atom is 0.254 e. The van der Waals surface area contributed by atoms with E-state index in [1.165, 1.54) is 0 Å². The summed E-state index contributed by atoms with van der Waals surface area (Å²) in [5.41, 5.74) is 1.46. The smallest absolute Gasteiger partial charge is 0.254 e. The number of benzene rings is 2. The first kappa shape index (κ1) is 17.7. The van der Waals surface area contributed by atoms with Gasteiger partial charge < -0.3 is 14.2 Å². The monoisotopic (exact) mass is 351 g/mol. The van der Waals surface area contributed by atoms with Crippen LogP contribution < -0.4 is 4.74 Å². The molecule has 0 atom stereocenters. The molecule has 1 aromatic heterocycles. The molecule has 26 heavy (non-hydrogen) atoms. The molecule has 0 saturated heterocycles. The van der Waals surface area contributed by atoms with Gasteiger partial charge in [0.15, 0.2) is 0 Å². The minimum atomic E-state index is -0.119. The molecular formula is C20H21N3O3. The lowest BCUT2D eigenvalue weighted by atomic mass is 10.2. The first-order valence-corrected chi connectivity index (χ1v) is 8.53. The van der Waals surface area contributed by atoms with Gasteiger partial charge in [-0.15, -0.1) is 0 Å². The second-order valence-electron chi connectivity index (χ2n) is 5.91. The van der Waals surface area contributed by atoms with E-state index >= 15 is 0 Å². The molecule has 0 aliphatic heterocycles. The summed E-state index contributed by atoms with van der Waals surface area (Å²) in [4.78, 5) is 18.4. The maximum absolute atomic E-state index is 12.5. The largest absolute Gasteiger partial charge is 0.494 e. The summed E-state index contributed by atoms with van der Waals surface area (Å²) < 4.78 is 10.8. The van der Waals surface area contributed by atoms with Gasteiger partial charge in [-0.1, -0.05) is 42.4 Å². The zero-order valence-corrected chi connectivity index (χ0v) is 14.9. The summed E-state index contributed by atoms with van der Waals surface area (Å²) in [6, 6.07) is 16.7. The molecule has 0 spiro atoms. The van der Waals surface area contributed by atoms with Gasteiger partial charge in [0, 0.05) is 18.2 Å². The van der Waals surface area contributed by atoms with Crippen molar-refractivity contribution in [1.29, 1.82) is 0 Å². The summed E-state index contributed by atoms with van der Waals surface area (Å²) in [5.74, 6) is 1.54. The highest BCUT2D eigenvalue weighted by molar-refractivity contribution is 5.94. The Kier molecular flexibility index (Phi) is 5.63. The predicted molar refractivity (Wildman–Crippen MR) is 97.8 cm³/mol. The average molecular weight is 351 g/mol. The van der Waals surface area contributed by atoms with Crippen molar-refractivity contribution in [3.05, 3.63) is 66.1 Å². The highest BCUT2D eigenvalue weighted by Crippen LogP contribution is 2.17. The molecule has 6 heteroatoms. The fourth-order valence-corrected chi connectivity index (χ4v) is 2.43. The Morgan fingerprint density at radius 3 is 2.54 bits per heavy atom. The molecule has 0 saturated carbocycles. The molecule has 3 rings (SSSR count). The van der Waals surface area contributed by atoms with Gasteiger partial charge in [0.1, 0.15) is 5.75 Å². The minimum Gasteiger partial charge on any atom is -0.494 e. The van der Waals surface area contributed by atoms with Crippen molar-refractivity contribution in [1.82, 2.24) is 15.0 Å². The predicted octanol–water partition coefficient (Wildman–Crippen LogP) is 3.80. The number of hydrogen-bond donors (Lipinski definition) is 0. The van der Waals surface area contributed by atoms with Crippen LogP contribution in [0.1, 0.15) is 29.6 Å². The van der Waals surface area contributed by atoms with Crippen LogP contribution in [0.3, 0.4) is 0 Å². The summed E-state index contributed by atoms with van der Waals surface area (Å²) in [5, 5.41) is 3.97. The third-order valence-electron chi connectivity index (χ3n) is 3.79. The molecule has 6 nitrogen and oxygen atoms in total. The van der Waals surface area contributed by atoms with Gasteiger partial charge in [-0.2, -0.15) is 4.98 Å². The van der Waals surface area contributed by atoms with Crippen LogP contribution >= 0.6 is 0 Å². The quantitative estimate of drug-likeness (QED) is 0.648. The van der Waals surface area contributed by atoms with Crippen molar-refractivity contribution in [2.75, 3.05) is 13.7 Å². The van der Waals surface area contributed by atoms with Crippen LogP contribution in [-0.4, -0.2) is 34.6 Å². The Hall–Kier alpha value is -3.15. The van der Waals surface area contributed by atoms with E-state index in [2.05, 4.69) is 10.1 Å². The first-order valence-electron chi connectivity index (χ1n) is 8.53. The topological polar surface area (TPSA) is 68.5 Å². The van der Waals surface area contributed by atoms with Crippen LogP contribution in [0, 0.1) is 0 Å². The van der Waals surface area contributed by atoms with E-state index in [1.807, 2.05) is 37.3 Å².